The van der Waals surface area contributed by atoms with E-state index in [4.69, 9.17) is 4.74 Å². The van der Waals surface area contributed by atoms with E-state index in [9.17, 15) is 18.3 Å². The number of nitrogens with zero attached hydrogens (tertiary/aromatic N) is 2. The summed E-state index contributed by atoms with van der Waals surface area (Å²) in [4.78, 5) is 6.06. The summed E-state index contributed by atoms with van der Waals surface area (Å²) in [6, 6.07) is 5.92. The van der Waals surface area contributed by atoms with E-state index in [-0.39, 0.29) is 23.5 Å². The second kappa shape index (κ2) is 5.85. The fourth-order valence-electron chi connectivity index (χ4n) is 4.17. The molecule has 0 unspecified atom stereocenters. The van der Waals surface area contributed by atoms with Crippen LogP contribution in [0.15, 0.2) is 30.5 Å². The van der Waals surface area contributed by atoms with Gasteiger partial charge in [0, 0.05) is 42.4 Å². The Morgan fingerprint density at radius 1 is 1.32 bits per heavy atom. The van der Waals surface area contributed by atoms with Crippen molar-refractivity contribution in [2.45, 2.75) is 12.6 Å². The molecule has 0 aliphatic carbocycles. The summed E-state index contributed by atoms with van der Waals surface area (Å²) < 4.78 is 45.4. The average molecular weight is 352 g/mol. The van der Waals surface area contributed by atoms with E-state index in [1.807, 2.05) is 0 Å². The molecular weight excluding hydrogens is 333 g/mol. The first-order valence-corrected chi connectivity index (χ1v) is 8.33. The van der Waals surface area contributed by atoms with Gasteiger partial charge in [0.15, 0.2) is 0 Å². The molecule has 2 atom stereocenters. The summed E-state index contributed by atoms with van der Waals surface area (Å²) in [5, 5.41) is 10.4. The van der Waals surface area contributed by atoms with Crippen LogP contribution in [0.1, 0.15) is 12.0 Å². The minimum Gasteiger partial charge on any atom is -0.396 e. The molecule has 0 bridgehead atoms. The number of aromatic nitrogens is 1. The molecule has 134 valence electrons. The van der Waals surface area contributed by atoms with Gasteiger partial charge in [0.05, 0.1) is 24.3 Å². The smallest absolute Gasteiger partial charge is 0.396 e. The first-order valence-electron chi connectivity index (χ1n) is 8.33. The van der Waals surface area contributed by atoms with Crippen LogP contribution >= 0.6 is 0 Å². The highest BCUT2D eigenvalue weighted by atomic mass is 19.4. The molecule has 0 spiro atoms. The molecule has 1 aromatic carbocycles. The Hall–Kier alpha value is -1.86. The van der Waals surface area contributed by atoms with E-state index < -0.39 is 11.7 Å². The Kier molecular flexibility index (Phi) is 3.88. The van der Waals surface area contributed by atoms with Crippen molar-refractivity contribution in [3.8, 4) is 0 Å². The molecule has 2 aromatic rings. The molecule has 2 fully saturated rings. The van der Waals surface area contributed by atoms with Gasteiger partial charge in [-0.05, 0) is 24.5 Å². The Bertz CT molecular complexity index is 795. The molecule has 0 amide bonds. The summed E-state index contributed by atoms with van der Waals surface area (Å²) >= 11 is 0. The van der Waals surface area contributed by atoms with Gasteiger partial charge in [-0.25, -0.2) is 0 Å². The molecule has 4 nitrogen and oxygen atoms in total. The zero-order chi connectivity index (χ0) is 17.7. The Morgan fingerprint density at radius 2 is 2.16 bits per heavy atom. The van der Waals surface area contributed by atoms with E-state index in [0.29, 0.717) is 31.7 Å². The number of para-hydroxylation sites is 1. The number of benzene rings is 1. The summed E-state index contributed by atoms with van der Waals surface area (Å²) in [7, 11) is 0. The second-order valence-corrected chi connectivity index (χ2v) is 6.97. The topological polar surface area (TPSA) is 45.6 Å². The summed E-state index contributed by atoms with van der Waals surface area (Å²) in [5.41, 5.74) is -0.353. The highest BCUT2D eigenvalue weighted by Crippen LogP contribution is 2.44. The van der Waals surface area contributed by atoms with Crippen molar-refractivity contribution in [2.75, 3.05) is 37.8 Å². The largest absolute Gasteiger partial charge is 0.418 e. The second-order valence-electron chi connectivity index (χ2n) is 6.97. The maximum atomic E-state index is 13.3. The lowest BCUT2D eigenvalue weighted by atomic mass is 9.76. The number of hydrogen-bond donors (Lipinski definition) is 1. The Morgan fingerprint density at radius 3 is 2.88 bits per heavy atom. The molecule has 0 radical (unpaired) electrons. The summed E-state index contributed by atoms with van der Waals surface area (Å²) in [6.45, 7) is 2.45. The standard InChI is InChI=1S/C18H19F3N2O2/c19-18(20,21)14-3-1-2-13-15(4-6-22-16(13)14)23-8-12-5-7-25-11-17(12,9-23)10-24/h1-4,6,12,24H,5,7-11H2/t12-,17+/m0/s1. The molecule has 25 heavy (non-hydrogen) atoms. The average Bonchev–Trinajstić information content (AvgIpc) is 3.00. The Labute approximate surface area is 143 Å². The van der Waals surface area contributed by atoms with E-state index in [1.54, 1.807) is 12.1 Å². The number of halogens is 3. The van der Waals surface area contributed by atoms with Crippen LogP contribution in [0.3, 0.4) is 0 Å². The molecular formula is C18H19F3N2O2. The van der Waals surface area contributed by atoms with Gasteiger partial charge in [0.25, 0.3) is 0 Å². The van der Waals surface area contributed by atoms with Gasteiger partial charge in [-0.15, -0.1) is 0 Å². The minimum atomic E-state index is -4.44. The van der Waals surface area contributed by atoms with Crippen LogP contribution in [-0.4, -0.2) is 43.0 Å². The number of alkyl halides is 3. The SMILES string of the molecule is OC[C@]12COCC[C@H]1CN(c1ccnc3c(C(F)(F)F)cccc13)C2. The van der Waals surface area contributed by atoms with Gasteiger partial charge < -0.3 is 14.7 Å². The van der Waals surface area contributed by atoms with E-state index >= 15 is 0 Å². The number of fused-ring (bicyclic) bond motifs is 2. The van der Waals surface area contributed by atoms with Gasteiger partial charge in [-0.1, -0.05) is 12.1 Å². The minimum absolute atomic E-state index is 0.0188. The number of anilines is 1. The van der Waals surface area contributed by atoms with Crippen molar-refractivity contribution in [3.05, 3.63) is 36.0 Å². The number of pyridine rings is 1. The van der Waals surface area contributed by atoms with Crippen molar-refractivity contribution < 1.29 is 23.0 Å². The fourth-order valence-corrected chi connectivity index (χ4v) is 4.17. The molecule has 2 saturated heterocycles. The van der Waals surface area contributed by atoms with Crippen LogP contribution in [0.4, 0.5) is 18.9 Å². The molecule has 1 aromatic heterocycles. The molecule has 1 N–H and O–H groups in total. The van der Waals surface area contributed by atoms with Crippen LogP contribution in [0.25, 0.3) is 10.9 Å². The van der Waals surface area contributed by atoms with Crippen molar-refractivity contribution in [1.82, 2.24) is 4.98 Å². The maximum absolute atomic E-state index is 13.3. The first-order chi connectivity index (χ1) is 11.9. The summed E-state index contributed by atoms with van der Waals surface area (Å²) in [5.74, 6) is 0.278. The van der Waals surface area contributed by atoms with Crippen LogP contribution in [0.5, 0.6) is 0 Å². The monoisotopic (exact) mass is 352 g/mol. The molecule has 3 heterocycles. The molecule has 2 aliphatic rings. The van der Waals surface area contributed by atoms with E-state index in [1.165, 1.54) is 12.3 Å². The van der Waals surface area contributed by atoms with Crippen molar-refractivity contribution in [1.29, 1.82) is 0 Å². The van der Waals surface area contributed by atoms with Crippen molar-refractivity contribution >= 4 is 16.6 Å². The first kappa shape index (κ1) is 16.6. The lowest BCUT2D eigenvalue weighted by Gasteiger charge is -2.36. The zero-order valence-corrected chi connectivity index (χ0v) is 13.6. The third-order valence-electron chi connectivity index (χ3n) is 5.52. The van der Waals surface area contributed by atoms with Gasteiger partial charge >= 0.3 is 6.18 Å². The predicted octanol–water partition coefficient (Wildman–Crippen LogP) is 3.09. The van der Waals surface area contributed by atoms with Gasteiger partial charge in [-0.2, -0.15) is 13.2 Å². The third kappa shape index (κ3) is 2.66. The van der Waals surface area contributed by atoms with Crippen LogP contribution in [-0.2, 0) is 10.9 Å². The van der Waals surface area contributed by atoms with Crippen molar-refractivity contribution in [3.63, 3.8) is 0 Å². The Balaban J connectivity index is 1.78. The van der Waals surface area contributed by atoms with Gasteiger partial charge in [-0.3, -0.25) is 4.98 Å². The number of aliphatic hydroxyl groups excluding tert-OH is 1. The van der Waals surface area contributed by atoms with Crippen LogP contribution in [0.2, 0.25) is 0 Å². The van der Waals surface area contributed by atoms with Gasteiger partial charge in [0.2, 0.25) is 0 Å². The van der Waals surface area contributed by atoms with Crippen molar-refractivity contribution in [2.24, 2.45) is 11.3 Å². The lowest BCUT2D eigenvalue weighted by molar-refractivity contribution is -0.136. The molecule has 2 aliphatic heterocycles. The third-order valence-corrected chi connectivity index (χ3v) is 5.52. The predicted molar refractivity (Wildman–Crippen MR) is 87.4 cm³/mol. The van der Waals surface area contributed by atoms with E-state index in [0.717, 1.165) is 18.2 Å². The van der Waals surface area contributed by atoms with E-state index in [2.05, 4.69) is 9.88 Å². The summed E-state index contributed by atoms with van der Waals surface area (Å²) in [6.07, 6.45) is -2.16. The molecule has 7 heteroatoms. The molecule has 0 saturated carbocycles. The number of ether oxygens (including phenoxy) is 1. The lowest BCUT2D eigenvalue weighted by Crippen LogP contribution is -2.42. The number of rotatable bonds is 2. The maximum Gasteiger partial charge on any atom is 0.418 e. The zero-order valence-electron chi connectivity index (χ0n) is 13.6. The fraction of sp³-hybridized carbons (Fsp3) is 0.500. The number of aliphatic hydroxyl groups is 1. The normalized spacial score (nSPS) is 26.9. The van der Waals surface area contributed by atoms with Crippen LogP contribution in [0, 0.1) is 11.3 Å². The highest BCUT2D eigenvalue weighted by molar-refractivity contribution is 5.94. The van der Waals surface area contributed by atoms with Gasteiger partial charge in [0.1, 0.15) is 0 Å². The molecule has 4 rings (SSSR count). The highest BCUT2D eigenvalue weighted by Gasteiger charge is 2.48. The van der Waals surface area contributed by atoms with Crippen LogP contribution < -0.4 is 4.90 Å². The quantitative estimate of drug-likeness (QED) is 0.902. The number of hydrogen-bond acceptors (Lipinski definition) is 4.